The number of hydrogen-bond donors (Lipinski definition) is 3. The first-order chi connectivity index (χ1) is 9.43. The molecular formula is C14H22O6. The lowest BCUT2D eigenvalue weighted by molar-refractivity contribution is -0.138. The van der Waals surface area contributed by atoms with Gasteiger partial charge >= 0.3 is 17.9 Å². The zero-order valence-electron chi connectivity index (χ0n) is 11.5. The molecule has 3 N–H and O–H groups in total. The highest BCUT2D eigenvalue weighted by Crippen LogP contribution is 2.13. The summed E-state index contributed by atoms with van der Waals surface area (Å²) in [6.07, 6.45) is 5.99. The van der Waals surface area contributed by atoms with E-state index in [4.69, 9.17) is 15.3 Å². The van der Waals surface area contributed by atoms with Crippen molar-refractivity contribution >= 4 is 17.9 Å². The van der Waals surface area contributed by atoms with Gasteiger partial charge in [-0.05, 0) is 32.1 Å². The normalized spacial score (nSPS) is 11.3. The summed E-state index contributed by atoms with van der Waals surface area (Å²) in [5, 5.41) is 25.9. The SMILES string of the molecule is O=C(O)CCCC=C(CCCCCCC(=O)O)C(=O)O. The van der Waals surface area contributed by atoms with Crippen LogP contribution >= 0.6 is 0 Å². The molecule has 0 heterocycles. The van der Waals surface area contributed by atoms with Gasteiger partial charge in [-0.3, -0.25) is 9.59 Å². The predicted molar refractivity (Wildman–Crippen MR) is 72.5 cm³/mol. The molecule has 0 aromatic rings. The molecule has 0 saturated heterocycles. The number of carboxylic acid groups (broad SMARTS) is 3. The van der Waals surface area contributed by atoms with Crippen LogP contribution in [0.15, 0.2) is 11.6 Å². The molecule has 114 valence electrons. The van der Waals surface area contributed by atoms with Crippen LogP contribution in [0.5, 0.6) is 0 Å². The fraction of sp³-hybridized carbons (Fsp3) is 0.643. The van der Waals surface area contributed by atoms with Crippen LogP contribution in [0.3, 0.4) is 0 Å². The van der Waals surface area contributed by atoms with E-state index in [1.165, 1.54) is 0 Å². The summed E-state index contributed by atoms with van der Waals surface area (Å²) in [6.45, 7) is 0. The van der Waals surface area contributed by atoms with Crippen LogP contribution in [0.2, 0.25) is 0 Å². The van der Waals surface area contributed by atoms with Crippen molar-refractivity contribution in [1.29, 1.82) is 0 Å². The van der Waals surface area contributed by atoms with Crippen molar-refractivity contribution in [3.8, 4) is 0 Å². The lowest BCUT2D eigenvalue weighted by Crippen LogP contribution is -2.01. The van der Waals surface area contributed by atoms with Crippen molar-refractivity contribution in [3.63, 3.8) is 0 Å². The highest BCUT2D eigenvalue weighted by atomic mass is 16.4. The van der Waals surface area contributed by atoms with E-state index in [-0.39, 0.29) is 12.8 Å². The Morgan fingerprint density at radius 3 is 1.70 bits per heavy atom. The van der Waals surface area contributed by atoms with Crippen molar-refractivity contribution in [2.45, 2.75) is 57.8 Å². The number of carboxylic acids is 3. The van der Waals surface area contributed by atoms with E-state index in [0.29, 0.717) is 37.7 Å². The maximum absolute atomic E-state index is 11.0. The first-order valence-corrected chi connectivity index (χ1v) is 6.79. The Labute approximate surface area is 118 Å². The van der Waals surface area contributed by atoms with Gasteiger partial charge in [-0.25, -0.2) is 4.79 Å². The van der Waals surface area contributed by atoms with Crippen LogP contribution < -0.4 is 0 Å². The maximum atomic E-state index is 11.0. The molecule has 0 saturated carbocycles. The zero-order chi connectivity index (χ0) is 15.4. The second-order valence-electron chi connectivity index (χ2n) is 4.63. The standard InChI is InChI=1S/C14H22O6/c15-12(16)9-4-2-1-3-7-11(14(19)20)8-5-6-10-13(17)18/h8H,1-7,9-10H2,(H,15,16)(H,17,18)(H,19,20). The molecule has 0 atom stereocenters. The summed E-state index contributed by atoms with van der Waals surface area (Å²) in [4.78, 5) is 31.6. The van der Waals surface area contributed by atoms with Gasteiger partial charge in [0.2, 0.25) is 0 Å². The van der Waals surface area contributed by atoms with Gasteiger partial charge in [0, 0.05) is 18.4 Å². The minimum Gasteiger partial charge on any atom is -0.481 e. The third-order valence-electron chi connectivity index (χ3n) is 2.85. The van der Waals surface area contributed by atoms with Crippen molar-refractivity contribution < 1.29 is 29.7 Å². The van der Waals surface area contributed by atoms with Crippen LogP contribution in [0.25, 0.3) is 0 Å². The van der Waals surface area contributed by atoms with Crippen molar-refractivity contribution in [2.75, 3.05) is 0 Å². The average molecular weight is 286 g/mol. The average Bonchev–Trinajstić information content (AvgIpc) is 2.34. The Kier molecular flexibility index (Phi) is 10.00. The van der Waals surface area contributed by atoms with Crippen molar-refractivity contribution in [1.82, 2.24) is 0 Å². The monoisotopic (exact) mass is 286 g/mol. The van der Waals surface area contributed by atoms with Gasteiger partial charge in [0.15, 0.2) is 0 Å². The molecule has 0 aliphatic carbocycles. The predicted octanol–water partition coefficient (Wildman–Crippen LogP) is 2.68. The molecule has 0 aromatic carbocycles. The molecule has 0 amide bonds. The summed E-state index contributed by atoms with van der Waals surface area (Å²) < 4.78 is 0. The van der Waals surface area contributed by atoms with E-state index < -0.39 is 17.9 Å². The maximum Gasteiger partial charge on any atom is 0.331 e. The Balaban J connectivity index is 3.85. The summed E-state index contributed by atoms with van der Waals surface area (Å²) in [5.41, 5.74) is 0.314. The Morgan fingerprint density at radius 2 is 1.20 bits per heavy atom. The first kappa shape index (κ1) is 18.1. The number of hydrogen-bond acceptors (Lipinski definition) is 3. The van der Waals surface area contributed by atoms with Crippen molar-refractivity contribution in [2.24, 2.45) is 0 Å². The summed E-state index contributed by atoms with van der Waals surface area (Å²) in [6, 6.07) is 0. The summed E-state index contributed by atoms with van der Waals surface area (Å²) >= 11 is 0. The quantitative estimate of drug-likeness (QED) is 0.375. The van der Waals surface area contributed by atoms with Crippen molar-refractivity contribution in [3.05, 3.63) is 11.6 Å². The molecule has 6 heteroatoms. The lowest BCUT2D eigenvalue weighted by Gasteiger charge is -2.03. The topological polar surface area (TPSA) is 112 Å². The Morgan fingerprint density at radius 1 is 0.700 bits per heavy atom. The summed E-state index contributed by atoms with van der Waals surface area (Å²) in [7, 11) is 0. The third kappa shape index (κ3) is 11.3. The minimum atomic E-state index is -0.967. The fourth-order valence-corrected chi connectivity index (χ4v) is 1.77. The largest absolute Gasteiger partial charge is 0.481 e. The second kappa shape index (κ2) is 11.0. The van der Waals surface area contributed by atoms with Gasteiger partial charge in [-0.15, -0.1) is 0 Å². The molecule has 0 aliphatic rings. The molecule has 0 radical (unpaired) electrons. The molecule has 0 aromatic heterocycles. The van der Waals surface area contributed by atoms with Crippen LogP contribution in [0, 0.1) is 0 Å². The van der Waals surface area contributed by atoms with E-state index in [2.05, 4.69) is 0 Å². The highest BCUT2D eigenvalue weighted by Gasteiger charge is 2.07. The summed E-state index contributed by atoms with van der Waals surface area (Å²) in [5.74, 6) is -2.66. The highest BCUT2D eigenvalue weighted by molar-refractivity contribution is 5.86. The number of rotatable bonds is 12. The molecule has 0 bridgehead atoms. The van der Waals surface area contributed by atoms with E-state index in [1.54, 1.807) is 6.08 Å². The molecular weight excluding hydrogens is 264 g/mol. The van der Waals surface area contributed by atoms with Gasteiger partial charge in [0.1, 0.15) is 0 Å². The molecule has 6 nitrogen and oxygen atoms in total. The van der Waals surface area contributed by atoms with Gasteiger partial charge in [0.25, 0.3) is 0 Å². The number of unbranched alkanes of at least 4 members (excludes halogenated alkanes) is 4. The fourth-order valence-electron chi connectivity index (χ4n) is 1.77. The first-order valence-electron chi connectivity index (χ1n) is 6.79. The van der Waals surface area contributed by atoms with Gasteiger partial charge in [-0.2, -0.15) is 0 Å². The molecule has 0 unspecified atom stereocenters. The molecule has 0 spiro atoms. The van der Waals surface area contributed by atoms with Gasteiger partial charge in [0.05, 0.1) is 0 Å². The lowest BCUT2D eigenvalue weighted by atomic mass is 10.0. The third-order valence-corrected chi connectivity index (χ3v) is 2.85. The Bertz CT molecular complexity index is 359. The van der Waals surface area contributed by atoms with E-state index in [9.17, 15) is 14.4 Å². The van der Waals surface area contributed by atoms with E-state index in [1.807, 2.05) is 0 Å². The minimum absolute atomic E-state index is 0.0403. The van der Waals surface area contributed by atoms with Gasteiger partial charge < -0.3 is 15.3 Å². The van der Waals surface area contributed by atoms with Crippen LogP contribution in [-0.2, 0) is 14.4 Å². The van der Waals surface area contributed by atoms with Crippen LogP contribution in [-0.4, -0.2) is 33.2 Å². The van der Waals surface area contributed by atoms with E-state index in [0.717, 1.165) is 12.8 Å². The molecule has 20 heavy (non-hydrogen) atoms. The molecule has 0 rings (SSSR count). The molecule has 0 fully saturated rings. The number of allylic oxidation sites excluding steroid dienone is 1. The van der Waals surface area contributed by atoms with Gasteiger partial charge in [-0.1, -0.05) is 18.9 Å². The van der Waals surface area contributed by atoms with E-state index >= 15 is 0 Å². The Hall–Kier alpha value is -1.85. The second-order valence-corrected chi connectivity index (χ2v) is 4.63. The zero-order valence-corrected chi connectivity index (χ0v) is 11.5. The van der Waals surface area contributed by atoms with Crippen LogP contribution in [0.4, 0.5) is 0 Å². The van der Waals surface area contributed by atoms with Crippen LogP contribution in [0.1, 0.15) is 57.8 Å². The molecule has 0 aliphatic heterocycles. The number of aliphatic carboxylic acids is 3. The smallest absolute Gasteiger partial charge is 0.331 e. The number of carbonyl (C=O) groups is 3.